The van der Waals surface area contributed by atoms with Crippen LogP contribution in [0.25, 0.3) is 0 Å². The predicted octanol–water partition coefficient (Wildman–Crippen LogP) is 4.01. The van der Waals surface area contributed by atoms with Crippen molar-refractivity contribution >= 4 is 23.0 Å². The highest BCUT2D eigenvalue weighted by Crippen LogP contribution is 2.26. The summed E-state index contributed by atoms with van der Waals surface area (Å²) in [4.78, 5) is 12.1. The van der Waals surface area contributed by atoms with E-state index in [1.165, 1.54) is 4.88 Å². The average Bonchev–Trinajstić information content (AvgIpc) is 2.90. The van der Waals surface area contributed by atoms with Crippen LogP contribution in [0, 0.1) is 0 Å². The summed E-state index contributed by atoms with van der Waals surface area (Å²) in [6.07, 6.45) is 0.987. The van der Waals surface area contributed by atoms with Crippen LogP contribution in [0.1, 0.15) is 34.6 Å². The Morgan fingerprint density at radius 1 is 1.33 bits per heavy atom. The highest BCUT2D eigenvalue weighted by molar-refractivity contribution is 7.10. The molecule has 0 saturated heterocycles. The third kappa shape index (κ3) is 2.90. The second-order valence-corrected chi connectivity index (χ2v) is 4.98. The Labute approximate surface area is 110 Å². The van der Waals surface area contributed by atoms with Gasteiger partial charge in [0, 0.05) is 10.6 Å². The minimum atomic E-state index is -0.896. The SMILES string of the molecule is CCC(Nc1ccc(C(=O)O)cc1)c1cccs1. The molecule has 2 N–H and O–H groups in total. The molecule has 0 saturated carbocycles. The van der Waals surface area contributed by atoms with Crippen LogP contribution >= 0.6 is 11.3 Å². The standard InChI is InChI=1S/C14H15NO2S/c1-2-12(13-4-3-9-18-13)15-11-7-5-10(6-8-11)14(16)17/h3-9,12,15H,2H2,1H3,(H,16,17). The minimum Gasteiger partial charge on any atom is -0.478 e. The summed E-state index contributed by atoms with van der Waals surface area (Å²) in [5.41, 5.74) is 1.25. The van der Waals surface area contributed by atoms with Crippen molar-refractivity contribution in [1.82, 2.24) is 0 Å². The number of rotatable bonds is 5. The van der Waals surface area contributed by atoms with Gasteiger partial charge in [0.2, 0.25) is 0 Å². The van der Waals surface area contributed by atoms with E-state index < -0.39 is 5.97 Å². The van der Waals surface area contributed by atoms with Gasteiger partial charge in [0.05, 0.1) is 11.6 Å². The third-order valence-corrected chi connectivity index (χ3v) is 3.75. The molecule has 0 aliphatic carbocycles. The van der Waals surface area contributed by atoms with E-state index in [-0.39, 0.29) is 6.04 Å². The summed E-state index contributed by atoms with van der Waals surface area (Å²) in [5.74, 6) is -0.896. The van der Waals surface area contributed by atoms with Crippen molar-refractivity contribution < 1.29 is 9.90 Å². The van der Waals surface area contributed by atoms with Crippen LogP contribution in [0.5, 0.6) is 0 Å². The number of hydrogen-bond donors (Lipinski definition) is 2. The fraction of sp³-hybridized carbons (Fsp3) is 0.214. The van der Waals surface area contributed by atoms with Gasteiger partial charge in [-0.3, -0.25) is 0 Å². The van der Waals surface area contributed by atoms with Crippen molar-refractivity contribution in [2.75, 3.05) is 5.32 Å². The zero-order chi connectivity index (χ0) is 13.0. The lowest BCUT2D eigenvalue weighted by molar-refractivity contribution is 0.0697. The number of nitrogens with one attached hydrogen (secondary N) is 1. The molecule has 0 aliphatic rings. The van der Waals surface area contributed by atoms with Crippen molar-refractivity contribution in [3.8, 4) is 0 Å². The van der Waals surface area contributed by atoms with Crippen LogP contribution in [0.2, 0.25) is 0 Å². The number of anilines is 1. The number of benzene rings is 1. The molecule has 2 rings (SSSR count). The zero-order valence-electron chi connectivity index (χ0n) is 10.1. The van der Waals surface area contributed by atoms with Crippen molar-refractivity contribution in [3.05, 3.63) is 52.2 Å². The minimum absolute atomic E-state index is 0.278. The highest BCUT2D eigenvalue weighted by atomic mass is 32.1. The van der Waals surface area contributed by atoms with Crippen molar-refractivity contribution in [1.29, 1.82) is 0 Å². The Bertz CT molecular complexity index is 505. The van der Waals surface area contributed by atoms with Crippen molar-refractivity contribution in [2.24, 2.45) is 0 Å². The van der Waals surface area contributed by atoms with Gasteiger partial charge in [0.15, 0.2) is 0 Å². The van der Waals surface area contributed by atoms with Gasteiger partial charge in [-0.1, -0.05) is 13.0 Å². The first kappa shape index (κ1) is 12.6. The maximum Gasteiger partial charge on any atom is 0.335 e. The lowest BCUT2D eigenvalue weighted by Crippen LogP contribution is -2.08. The summed E-state index contributed by atoms with van der Waals surface area (Å²) in [6, 6.07) is 11.3. The molecule has 4 heteroatoms. The zero-order valence-corrected chi connectivity index (χ0v) is 10.9. The van der Waals surface area contributed by atoms with E-state index in [2.05, 4.69) is 23.7 Å². The van der Waals surface area contributed by atoms with Crippen LogP contribution in [-0.4, -0.2) is 11.1 Å². The first-order valence-electron chi connectivity index (χ1n) is 5.84. The average molecular weight is 261 g/mol. The van der Waals surface area contributed by atoms with Gasteiger partial charge in [0.25, 0.3) is 0 Å². The second kappa shape index (κ2) is 5.69. The van der Waals surface area contributed by atoms with Gasteiger partial charge in [-0.05, 0) is 42.1 Å². The quantitative estimate of drug-likeness (QED) is 0.855. The van der Waals surface area contributed by atoms with Gasteiger partial charge in [-0.2, -0.15) is 0 Å². The molecule has 0 amide bonds. The first-order chi connectivity index (χ1) is 8.70. The Morgan fingerprint density at radius 2 is 2.06 bits per heavy atom. The first-order valence-corrected chi connectivity index (χ1v) is 6.72. The Morgan fingerprint density at radius 3 is 2.56 bits per heavy atom. The van der Waals surface area contributed by atoms with E-state index in [0.29, 0.717) is 5.56 Å². The molecule has 1 atom stereocenters. The van der Waals surface area contributed by atoms with Crippen LogP contribution in [0.3, 0.4) is 0 Å². The van der Waals surface area contributed by atoms with E-state index in [9.17, 15) is 4.79 Å². The summed E-state index contributed by atoms with van der Waals surface area (Å²) < 4.78 is 0. The van der Waals surface area contributed by atoms with Crippen LogP contribution in [0.15, 0.2) is 41.8 Å². The molecular formula is C14H15NO2S. The molecule has 18 heavy (non-hydrogen) atoms. The van der Waals surface area contributed by atoms with Gasteiger partial charge in [-0.25, -0.2) is 4.79 Å². The number of carboxylic acid groups (broad SMARTS) is 1. The van der Waals surface area contributed by atoms with Crippen molar-refractivity contribution in [3.63, 3.8) is 0 Å². The summed E-state index contributed by atoms with van der Waals surface area (Å²) in [6.45, 7) is 2.13. The normalized spacial score (nSPS) is 12.1. The third-order valence-electron chi connectivity index (χ3n) is 2.77. The number of aromatic carboxylic acids is 1. The molecule has 2 aromatic rings. The number of carboxylic acids is 1. The molecule has 1 unspecified atom stereocenters. The van der Waals surface area contributed by atoms with Gasteiger partial charge >= 0.3 is 5.97 Å². The Kier molecular flexibility index (Phi) is 3.99. The highest BCUT2D eigenvalue weighted by Gasteiger charge is 2.10. The van der Waals surface area contributed by atoms with Crippen molar-refractivity contribution in [2.45, 2.75) is 19.4 Å². The van der Waals surface area contributed by atoms with Crippen LogP contribution < -0.4 is 5.32 Å². The van der Waals surface area contributed by atoms with E-state index in [1.54, 1.807) is 35.6 Å². The van der Waals surface area contributed by atoms with E-state index >= 15 is 0 Å². The molecule has 1 aromatic heterocycles. The van der Waals surface area contributed by atoms with Crippen LogP contribution in [0.4, 0.5) is 5.69 Å². The smallest absolute Gasteiger partial charge is 0.335 e. The molecule has 3 nitrogen and oxygen atoms in total. The van der Waals surface area contributed by atoms with E-state index in [1.807, 2.05) is 6.07 Å². The lowest BCUT2D eigenvalue weighted by Gasteiger charge is -2.16. The molecule has 1 aromatic carbocycles. The molecule has 0 spiro atoms. The number of carbonyl (C=O) groups is 1. The monoisotopic (exact) mass is 261 g/mol. The second-order valence-electron chi connectivity index (χ2n) is 4.00. The van der Waals surface area contributed by atoms with Gasteiger partial charge in [-0.15, -0.1) is 11.3 Å². The molecule has 0 radical (unpaired) electrons. The largest absolute Gasteiger partial charge is 0.478 e. The predicted molar refractivity (Wildman–Crippen MR) is 74.4 cm³/mol. The Balaban J connectivity index is 2.10. The van der Waals surface area contributed by atoms with Crippen LogP contribution in [-0.2, 0) is 0 Å². The molecular weight excluding hydrogens is 246 g/mol. The summed E-state index contributed by atoms with van der Waals surface area (Å²) in [7, 11) is 0. The van der Waals surface area contributed by atoms with Gasteiger partial charge in [0.1, 0.15) is 0 Å². The molecule has 1 heterocycles. The van der Waals surface area contributed by atoms with E-state index in [0.717, 1.165) is 12.1 Å². The summed E-state index contributed by atoms with van der Waals surface area (Å²) in [5, 5.41) is 14.3. The molecule has 0 bridgehead atoms. The molecule has 0 aliphatic heterocycles. The maximum absolute atomic E-state index is 10.8. The number of thiophene rings is 1. The Hall–Kier alpha value is -1.81. The van der Waals surface area contributed by atoms with E-state index in [4.69, 9.17) is 5.11 Å². The molecule has 94 valence electrons. The lowest BCUT2D eigenvalue weighted by atomic mass is 10.1. The fourth-order valence-electron chi connectivity index (χ4n) is 1.77. The summed E-state index contributed by atoms with van der Waals surface area (Å²) >= 11 is 1.73. The van der Waals surface area contributed by atoms with Gasteiger partial charge < -0.3 is 10.4 Å². The maximum atomic E-state index is 10.8. The molecule has 0 fully saturated rings. The number of hydrogen-bond acceptors (Lipinski definition) is 3. The fourth-order valence-corrected chi connectivity index (χ4v) is 2.64. The topological polar surface area (TPSA) is 49.3 Å².